The first-order valence-corrected chi connectivity index (χ1v) is 17.0. The molecule has 8 nitrogen and oxygen atoms in total. The number of aryl methyl sites for hydroxylation is 2. The van der Waals surface area contributed by atoms with Crippen molar-refractivity contribution in [2.24, 2.45) is 0 Å². The third-order valence-electron chi connectivity index (χ3n) is 9.35. The van der Waals surface area contributed by atoms with E-state index in [9.17, 15) is 0 Å². The average Bonchev–Trinajstić information content (AvgIpc) is 3.58. The standard InChI is InChI=1S/C41H38N8/c42-29-18-20-32-33-21-19-30(43)26-39(33)49(41(36(32)25-29)28-11-3-1-4-12-28)23-10-2-5-13-31-27-48(47-46-31)24-22-44-40-34-14-6-8-16-37(34)45-38-17-9-7-15-35(38)40/h1,3-4,6-9,11-12,14-21,25-27,43H,2,5,10,13,22-24,42H2,(H,44,45)/p+1. The largest absolute Gasteiger partial charge is 0.399 e. The molecule has 5 aromatic carbocycles. The lowest BCUT2D eigenvalue weighted by atomic mass is 9.98. The Bertz CT molecular complexity index is 2380. The molecule has 49 heavy (non-hydrogen) atoms. The van der Waals surface area contributed by atoms with Crippen LogP contribution in [0.4, 0.5) is 17.1 Å². The van der Waals surface area contributed by atoms with Gasteiger partial charge in [0.15, 0.2) is 0 Å². The minimum atomic E-state index is 0.722. The third kappa shape index (κ3) is 6.09. The molecule has 0 amide bonds. The average molecular weight is 644 g/mol. The number of anilines is 3. The summed E-state index contributed by atoms with van der Waals surface area (Å²) in [4.78, 5) is 4.84. The minimum Gasteiger partial charge on any atom is -0.399 e. The van der Waals surface area contributed by atoms with Crippen LogP contribution >= 0.6 is 0 Å². The number of hydrogen-bond donors (Lipinski definition) is 3. The van der Waals surface area contributed by atoms with Crippen LogP contribution < -0.4 is 21.4 Å². The molecule has 0 unspecified atom stereocenters. The Morgan fingerprint density at radius 3 is 2.12 bits per heavy atom. The van der Waals surface area contributed by atoms with Crippen molar-refractivity contribution in [3.63, 3.8) is 0 Å². The molecule has 242 valence electrons. The summed E-state index contributed by atoms with van der Waals surface area (Å²) in [7, 11) is 0. The van der Waals surface area contributed by atoms with Crippen LogP contribution in [0.25, 0.3) is 54.7 Å². The Morgan fingerprint density at radius 1 is 0.653 bits per heavy atom. The molecule has 3 aromatic heterocycles. The van der Waals surface area contributed by atoms with Gasteiger partial charge in [0.25, 0.3) is 0 Å². The van der Waals surface area contributed by atoms with Gasteiger partial charge in [0, 0.05) is 58.3 Å². The number of aromatic nitrogens is 5. The number of rotatable bonds is 11. The molecule has 0 atom stereocenters. The van der Waals surface area contributed by atoms with Crippen molar-refractivity contribution in [3.8, 4) is 11.3 Å². The van der Waals surface area contributed by atoms with Gasteiger partial charge in [0.2, 0.25) is 11.2 Å². The van der Waals surface area contributed by atoms with E-state index >= 15 is 0 Å². The van der Waals surface area contributed by atoms with Gasteiger partial charge in [-0.1, -0.05) is 65.9 Å². The van der Waals surface area contributed by atoms with E-state index in [1.165, 1.54) is 22.0 Å². The van der Waals surface area contributed by atoms with E-state index in [4.69, 9.17) is 16.5 Å². The molecule has 0 bridgehead atoms. The molecule has 8 aromatic rings. The lowest BCUT2D eigenvalue weighted by Crippen LogP contribution is -2.37. The van der Waals surface area contributed by atoms with E-state index in [0.717, 1.165) is 101 Å². The molecule has 8 heteroatoms. The van der Waals surface area contributed by atoms with E-state index < -0.39 is 0 Å². The first-order valence-electron chi connectivity index (χ1n) is 17.0. The van der Waals surface area contributed by atoms with Crippen LogP contribution in [0.5, 0.6) is 0 Å². The summed E-state index contributed by atoms with van der Waals surface area (Å²) in [6.07, 6.45) is 6.10. The summed E-state index contributed by atoms with van der Waals surface area (Å²) in [6, 6.07) is 39.6. The van der Waals surface area contributed by atoms with Crippen LogP contribution in [-0.4, -0.2) is 26.5 Å². The fraction of sp³-hybridized carbons (Fsp3) is 0.171. The predicted molar refractivity (Wildman–Crippen MR) is 201 cm³/mol. The molecular weight excluding hydrogens is 605 g/mol. The van der Waals surface area contributed by atoms with Gasteiger partial charge in [-0.3, -0.25) is 4.68 Å². The van der Waals surface area contributed by atoms with E-state index in [-0.39, 0.29) is 0 Å². The summed E-state index contributed by atoms with van der Waals surface area (Å²) >= 11 is 0. The molecule has 0 radical (unpaired) electrons. The zero-order valence-electron chi connectivity index (χ0n) is 27.4. The number of hydrogen-bond acceptors (Lipinski definition) is 6. The fourth-order valence-electron chi connectivity index (χ4n) is 7.04. The third-order valence-corrected chi connectivity index (χ3v) is 9.35. The number of benzene rings is 5. The SMILES string of the molecule is Nc1ccc2c(c1)c(-c1ccccc1)[n+](CCCCCc1cn(CCNc3c4ccccc4nc4ccccc34)nn1)c1cc(N)ccc21. The molecular formula is C41H39N8+. The first kappa shape index (κ1) is 30.3. The second-order valence-corrected chi connectivity index (χ2v) is 12.7. The van der Waals surface area contributed by atoms with Gasteiger partial charge in [-0.05, 0) is 67.8 Å². The molecule has 0 aliphatic rings. The van der Waals surface area contributed by atoms with Crippen LogP contribution in [0, 0.1) is 0 Å². The molecule has 0 saturated heterocycles. The van der Waals surface area contributed by atoms with Gasteiger partial charge < -0.3 is 16.8 Å². The number of nitrogen functional groups attached to an aromatic ring is 2. The van der Waals surface area contributed by atoms with Crippen molar-refractivity contribution in [1.82, 2.24) is 20.0 Å². The molecule has 3 heterocycles. The van der Waals surface area contributed by atoms with Crippen molar-refractivity contribution < 1.29 is 4.57 Å². The Balaban J connectivity index is 0.940. The van der Waals surface area contributed by atoms with Crippen molar-refractivity contribution in [3.05, 3.63) is 127 Å². The monoisotopic (exact) mass is 643 g/mol. The highest BCUT2D eigenvalue weighted by Gasteiger charge is 2.23. The lowest BCUT2D eigenvalue weighted by molar-refractivity contribution is -0.659. The molecule has 0 aliphatic heterocycles. The normalized spacial score (nSPS) is 11.6. The molecule has 5 N–H and O–H groups in total. The van der Waals surface area contributed by atoms with E-state index in [1.54, 1.807) is 0 Å². The van der Waals surface area contributed by atoms with Gasteiger partial charge in [-0.25, -0.2) is 4.98 Å². The van der Waals surface area contributed by atoms with Gasteiger partial charge in [0.1, 0.15) is 6.54 Å². The number of para-hydroxylation sites is 2. The zero-order chi connectivity index (χ0) is 33.2. The highest BCUT2D eigenvalue weighted by atomic mass is 15.4. The van der Waals surface area contributed by atoms with E-state index in [2.05, 4.69) is 117 Å². The minimum absolute atomic E-state index is 0.722. The summed E-state index contributed by atoms with van der Waals surface area (Å²) in [5.41, 5.74) is 21.8. The van der Waals surface area contributed by atoms with Gasteiger partial charge in [-0.15, -0.1) is 5.10 Å². The van der Waals surface area contributed by atoms with Crippen molar-refractivity contribution in [1.29, 1.82) is 0 Å². The van der Waals surface area contributed by atoms with Crippen LogP contribution in [-0.2, 0) is 19.5 Å². The Labute approximate surface area is 285 Å². The highest BCUT2D eigenvalue weighted by Crippen LogP contribution is 2.34. The number of nitrogens with zero attached hydrogens (tertiary/aromatic N) is 5. The zero-order valence-corrected chi connectivity index (χ0v) is 27.4. The number of nitrogens with one attached hydrogen (secondary N) is 1. The molecule has 0 spiro atoms. The molecule has 0 aliphatic carbocycles. The maximum Gasteiger partial charge on any atom is 0.220 e. The number of unbranched alkanes of at least 4 members (excludes halogenated alkanes) is 2. The van der Waals surface area contributed by atoms with Gasteiger partial charge in [0.05, 0.1) is 39.7 Å². The highest BCUT2D eigenvalue weighted by molar-refractivity contribution is 6.10. The fourth-order valence-corrected chi connectivity index (χ4v) is 7.04. The first-order chi connectivity index (χ1) is 24.1. The summed E-state index contributed by atoms with van der Waals surface area (Å²) in [5.74, 6) is 0. The topological polar surface area (TPSA) is 112 Å². The Kier molecular flexibility index (Phi) is 8.19. The maximum atomic E-state index is 6.34. The number of fused-ring (bicyclic) bond motifs is 5. The van der Waals surface area contributed by atoms with Crippen molar-refractivity contribution in [2.45, 2.75) is 38.8 Å². The van der Waals surface area contributed by atoms with E-state index in [0.29, 0.717) is 0 Å². The number of nitrogens with two attached hydrogens (primary N) is 2. The Morgan fingerprint density at radius 2 is 1.35 bits per heavy atom. The van der Waals surface area contributed by atoms with Crippen LogP contribution in [0.15, 0.2) is 121 Å². The second kappa shape index (κ2) is 13.2. The van der Waals surface area contributed by atoms with Crippen LogP contribution in [0.2, 0.25) is 0 Å². The predicted octanol–water partition coefficient (Wildman–Crippen LogP) is 7.93. The van der Waals surface area contributed by atoms with Crippen LogP contribution in [0.3, 0.4) is 0 Å². The quantitative estimate of drug-likeness (QED) is 0.0434. The summed E-state index contributed by atoms with van der Waals surface area (Å²) < 4.78 is 4.37. The van der Waals surface area contributed by atoms with Gasteiger partial charge in [-0.2, -0.15) is 4.57 Å². The van der Waals surface area contributed by atoms with Gasteiger partial charge >= 0.3 is 0 Å². The summed E-state index contributed by atoms with van der Waals surface area (Å²) in [6.45, 7) is 2.32. The second-order valence-electron chi connectivity index (χ2n) is 12.7. The maximum absolute atomic E-state index is 6.34. The van der Waals surface area contributed by atoms with Crippen molar-refractivity contribution in [2.75, 3.05) is 23.3 Å². The van der Waals surface area contributed by atoms with Crippen molar-refractivity contribution >= 4 is 60.5 Å². The number of pyridine rings is 2. The smallest absolute Gasteiger partial charge is 0.220 e. The molecule has 0 fully saturated rings. The molecule has 8 rings (SSSR count). The van der Waals surface area contributed by atoms with E-state index in [1.807, 2.05) is 28.9 Å². The summed E-state index contributed by atoms with van der Waals surface area (Å²) in [5, 5.41) is 18.3. The molecule has 0 saturated carbocycles. The lowest BCUT2D eigenvalue weighted by Gasteiger charge is -2.13. The Hall–Kier alpha value is -6.02. The van der Waals surface area contributed by atoms with Crippen LogP contribution in [0.1, 0.15) is 25.0 Å².